The summed E-state index contributed by atoms with van der Waals surface area (Å²) in [4.78, 5) is 27.2. The van der Waals surface area contributed by atoms with E-state index in [-0.39, 0.29) is 30.4 Å². The molecule has 0 fully saturated rings. The molecule has 6 nitrogen and oxygen atoms in total. The van der Waals surface area contributed by atoms with Crippen molar-refractivity contribution in [3.63, 3.8) is 0 Å². The Morgan fingerprint density at radius 1 is 1.03 bits per heavy atom. The van der Waals surface area contributed by atoms with E-state index in [1.807, 2.05) is 44.5 Å². The normalized spacial score (nSPS) is 11.4. The quantitative estimate of drug-likeness (QED) is 0.589. The molecular weight excluding hydrogens is 373 g/mol. The number of amides is 1. The molecule has 0 unspecified atom stereocenters. The summed E-state index contributed by atoms with van der Waals surface area (Å²) in [6.07, 6.45) is 1.84. The molecule has 0 N–H and O–H groups in total. The number of esters is 1. The van der Waals surface area contributed by atoms with Crippen molar-refractivity contribution < 1.29 is 18.7 Å². The average molecular weight is 399 g/mol. The lowest BCUT2D eigenvalue weighted by molar-refractivity contribution is -0.135. The topological polar surface area (TPSA) is 56.5 Å². The van der Waals surface area contributed by atoms with E-state index in [9.17, 15) is 14.0 Å². The van der Waals surface area contributed by atoms with Crippen molar-refractivity contribution in [2.75, 3.05) is 7.11 Å². The van der Waals surface area contributed by atoms with Crippen LogP contribution in [-0.2, 0) is 16.1 Å². The van der Waals surface area contributed by atoms with Crippen molar-refractivity contribution in [3.8, 4) is 5.69 Å². The van der Waals surface area contributed by atoms with Gasteiger partial charge >= 0.3 is 5.97 Å². The number of hydrogen-bond donors (Lipinski definition) is 0. The lowest BCUT2D eigenvalue weighted by Gasteiger charge is -2.31. The maximum absolute atomic E-state index is 13.3. The number of fused-ring (bicyclic) bond motifs is 1. The Kier molecular flexibility index (Phi) is 5.77. The van der Waals surface area contributed by atoms with Crippen molar-refractivity contribution in [2.24, 2.45) is 0 Å². The summed E-state index contributed by atoms with van der Waals surface area (Å²) in [5.41, 5.74) is 2.53. The first-order chi connectivity index (χ1) is 13.7. The van der Waals surface area contributed by atoms with Crippen LogP contribution in [0.2, 0.25) is 0 Å². The molecule has 0 aliphatic heterocycles. The van der Waals surface area contributed by atoms with Crippen molar-refractivity contribution >= 4 is 22.9 Å². The Labute approximate surface area is 169 Å². The van der Waals surface area contributed by atoms with Crippen LogP contribution in [0.3, 0.4) is 0 Å². The molecule has 0 atom stereocenters. The summed E-state index contributed by atoms with van der Waals surface area (Å²) >= 11 is 0. The number of rotatable bonds is 6. The molecule has 0 bridgehead atoms. The summed E-state index contributed by atoms with van der Waals surface area (Å²) < 4.78 is 21.8. The zero-order valence-electron chi connectivity index (χ0n) is 17.3. The number of nitrogens with zero attached hydrogens (tertiary/aromatic N) is 3. The van der Waals surface area contributed by atoms with Crippen LogP contribution in [0, 0.1) is 5.82 Å². The summed E-state index contributed by atoms with van der Waals surface area (Å²) in [7, 11) is 1.31. The number of benzene rings is 1. The fourth-order valence-electron chi connectivity index (χ4n) is 3.80. The van der Waals surface area contributed by atoms with Gasteiger partial charge in [-0.25, -0.2) is 9.18 Å². The number of aromatic nitrogens is 2. The standard InChI is InChI=1S/C22H26FN3O3/c1-14(2)26(15(3)4)21(27)13-25-18-10-11-24(17-8-6-16(23)7-9-17)19(18)12-20(25)22(28)29-5/h6-12,14-15H,13H2,1-5H3. The molecular formula is C22H26FN3O3. The van der Waals surface area contributed by atoms with E-state index in [4.69, 9.17) is 4.74 Å². The molecule has 2 aromatic heterocycles. The third kappa shape index (κ3) is 3.90. The lowest BCUT2D eigenvalue weighted by Crippen LogP contribution is -2.43. The number of carbonyl (C=O) groups is 2. The van der Waals surface area contributed by atoms with Crippen LogP contribution in [0.1, 0.15) is 38.2 Å². The Balaban J connectivity index is 2.09. The van der Waals surface area contributed by atoms with Crippen molar-refractivity contribution in [3.05, 3.63) is 54.1 Å². The van der Waals surface area contributed by atoms with Gasteiger partial charge in [-0.05, 0) is 64.1 Å². The van der Waals surface area contributed by atoms with Gasteiger partial charge in [0.2, 0.25) is 5.91 Å². The average Bonchev–Trinajstić information content (AvgIpc) is 3.21. The first kappa shape index (κ1) is 20.6. The minimum absolute atomic E-state index is 0.0255. The van der Waals surface area contributed by atoms with E-state index in [1.165, 1.54) is 19.2 Å². The van der Waals surface area contributed by atoms with E-state index in [2.05, 4.69) is 0 Å². The molecule has 3 rings (SSSR count). The van der Waals surface area contributed by atoms with Crippen molar-refractivity contribution in [1.29, 1.82) is 0 Å². The molecule has 0 saturated carbocycles. The van der Waals surface area contributed by atoms with Gasteiger partial charge in [-0.1, -0.05) is 0 Å². The summed E-state index contributed by atoms with van der Waals surface area (Å²) in [5, 5.41) is 0. The summed E-state index contributed by atoms with van der Waals surface area (Å²) in [6, 6.07) is 9.71. The van der Waals surface area contributed by atoms with Crippen LogP contribution < -0.4 is 0 Å². The van der Waals surface area contributed by atoms with Gasteiger partial charge in [-0.15, -0.1) is 0 Å². The van der Waals surface area contributed by atoms with Crippen LogP contribution in [0.4, 0.5) is 4.39 Å². The Hall–Kier alpha value is -3.09. The van der Waals surface area contributed by atoms with Gasteiger partial charge in [0.1, 0.15) is 18.1 Å². The van der Waals surface area contributed by atoms with Crippen LogP contribution in [0.5, 0.6) is 0 Å². The van der Waals surface area contributed by atoms with Gasteiger partial charge in [-0.2, -0.15) is 0 Å². The van der Waals surface area contributed by atoms with E-state index in [1.54, 1.807) is 27.7 Å². The van der Waals surface area contributed by atoms with Gasteiger partial charge < -0.3 is 18.8 Å². The molecule has 0 spiro atoms. The molecule has 0 radical (unpaired) electrons. The molecule has 0 aliphatic carbocycles. The van der Waals surface area contributed by atoms with Crippen LogP contribution in [-0.4, -0.2) is 45.1 Å². The largest absolute Gasteiger partial charge is 0.464 e. The van der Waals surface area contributed by atoms with Gasteiger partial charge in [-0.3, -0.25) is 4.79 Å². The third-order valence-electron chi connectivity index (χ3n) is 4.95. The first-order valence-electron chi connectivity index (χ1n) is 9.60. The molecule has 7 heteroatoms. The molecule has 1 amide bonds. The Morgan fingerprint density at radius 2 is 1.66 bits per heavy atom. The SMILES string of the molecule is COC(=O)c1cc2c(ccn2-c2ccc(F)cc2)n1CC(=O)N(C(C)C)C(C)C. The molecule has 154 valence electrons. The second-order valence-electron chi connectivity index (χ2n) is 7.53. The van der Waals surface area contributed by atoms with Crippen molar-refractivity contribution in [2.45, 2.75) is 46.3 Å². The predicted octanol–water partition coefficient (Wildman–Crippen LogP) is 4.00. The third-order valence-corrected chi connectivity index (χ3v) is 4.95. The van der Waals surface area contributed by atoms with Gasteiger partial charge in [0.25, 0.3) is 0 Å². The highest BCUT2D eigenvalue weighted by atomic mass is 19.1. The molecule has 2 heterocycles. The van der Waals surface area contributed by atoms with Gasteiger partial charge in [0.15, 0.2) is 0 Å². The second-order valence-corrected chi connectivity index (χ2v) is 7.53. The maximum atomic E-state index is 13.3. The highest BCUT2D eigenvalue weighted by Gasteiger charge is 2.25. The number of carbonyl (C=O) groups excluding carboxylic acids is 2. The summed E-state index contributed by atoms with van der Waals surface area (Å²) in [5.74, 6) is -0.912. The Bertz CT molecular complexity index is 1020. The second kappa shape index (κ2) is 8.11. The highest BCUT2D eigenvalue weighted by Crippen LogP contribution is 2.26. The Morgan fingerprint density at radius 3 is 2.21 bits per heavy atom. The molecule has 1 aromatic carbocycles. The fourth-order valence-corrected chi connectivity index (χ4v) is 3.80. The predicted molar refractivity (Wildman–Crippen MR) is 110 cm³/mol. The van der Waals surface area contributed by atoms with Crippen molar-refractivity contribution in [1.82, 2.24) is 14.0 Å². The minimum atomic E-state index is -0.514. The smallest absolute Gasteiger partial charge is 0.354 e. The van der Waals surface area contributed by atoms with Gasteiger partial charge in [0, 0.05) is 24.0 Å². The fraction of sp³-hybridized carbons (Fsp3) is 0.364. The molecule has 29 heavy (non-hydrogen) atoms. The number of methoxy groups -OCH3 is 1. The van der Waals surface area contributed by atoms with E-state index in [0.29, 0.717) is 5.69 Å². The zero-order valence-corrected chi connectivity index (χ0v) is 17.3. The first-order valence-corrected chi connectivity index (χ1v) is 9.60. The highest BCUT2D eigenvalue weighted by molar-refractivity contribution is 5.96. The molecule has 0 aliphatic rings. The monoisotopic (exact) mass is 399 g/mol. The number of hydrogen-bond acceptors (Lipinski definition) is 3. The number of halogens is 1. The minimum Gasteiger partial charge on any atom is -0.464 e. The zero-order chi connectivity index (χ0) is 21.3. The molecule has 3 aromatic rings. The maximum Gasteiger partial charge on any atom is 0.354 e. The van der Waals surface area contributed by atoms with E-state index < -0.39 is 5.97 Å². The van der Waals surface area contributed by atoms with Crippen LogP contribution in [0.15, 0.2) is 42.6 Å². The summed E-state index contributed by atoms with van der Waals surface area (Å²) in [6.45, 7) is 7.90. The van der Waals surface area contributed by atoms with E-state index >= 15 is 0 Å². The van der Waals surface area contributed by atoms with Crippen LogP contribution >= 0.6 is 0 Å². The van der Waals surface area contributed by atoms with Gasteiger partial charge in [0.05, 0.1) is 18.1 Å². The van der Waals surface area contributed by atoms with E-state index in [0.717, 1.165) is 16.7 Å². The van der Waals surface area contributed by atoms with Crippen LogP contribution in [0.25, 0.3) is 16.7 Å². The number of ether oxygens (including phenoxy) is 1. The lowest BCUT2D eigenvalue weighted by atomic mass is 10.2. The molecule has 0 saturated heterocycles.